The number of ether oxygens (including phenoxy) is 4. The Morgan fingerprint density at radius 2 is 0.840 bits per heavy atom. The molecule has 0 radical (unpaired) electrons. The van der Waals surface area contributed by atoms with Crippen LogP contribution in [-0.4, -0.2) is 144 Å². The van der Waals surface area contributed by atoms with Crippen molar-refractivity contribution < 1.29 is 38.1 Å². The van der Waals surface area contributed by atoms with E-state index < -0.39 is 34.3 Å². The van der Waals surface area contributed by atoms with E-state index in [-0.39, 0.29) is 24.3 Å². The van der Waals surface area contributed by atoms with Gasteiger partial charge in [0.1, 0.15) is 12.2 Å². The number of rotatable bonds is 9. The molecule has 0 bridgehead atoms. The van der Waals surface area contributed by atoms with Crippen molar-refractivity contribution in [3.8, 4) is 0 Å². The molecular weight excluding hydrogens is 644 g/mol. The molecule has 286 valence electrons. The topological polar surface area (TPSA) is 142 Å². The van der Waals surface area contributed by atoms with Crippen molar-refractivity contribution in [2.24, 2.45) is 0 Å². The molecule has 0 atom stereocenters. The van der Waals surface area contributed by atoms with Crippen LogP contribution in [0, 0.1) is 0 Å². The van der Waals surface area contributed by atoms with Crippen LogP contribution in [0.25, 0.3) is 0 Å². The first-order chi connectivity index (χ1) is 23.4. The standard InChI is InChI=1S/C36H64N6O8/c1-33(2)23-27(24-34(3,4)41(33)31(45)39-15-19-47-20-16-39)49-29(43)37-13-11-9-10-12-14-38-30(44)50-28-25-35(5,6)42(36(7,8)26-28)32(46)40-17-21-48-22-18-40/h27-28H,9-26H2,1-8H3,(H,37,43)(H,38,44). The zero-order valence-corrected chi connectivity index (χ0v) is 31.9. The average Bonchev–Trinajstić information content (AvgIpc) is 3.00. The van der Waals surface area contributed by atoms with Gasteiger partial charge >= 0.3 is 24.2 Å². The Hall–Kier alpha value is -3.00. The molecule has 4 heterocycles. The fraction of sp³-hybridized carbons (Fsp3) is 0.889. The van der Waals surface area contributed by atoms with Crippen molar-refractivity contribution in [3.05, 3.63) is 0 Å². The lowest BCUT2D eigenvalue weighted by Crippen LogP contribution is -2.67. The lowest BCUT2D eigenvalue weighted by Gasteiger charge is -2.55. The van der Waals surface area contributed by atoms with E-state index in [0.29, 0.717) is 91.4 Å². The van der Waals surface area contributed by atoms with Crippen LogP contribution in [0.2, 0.25) is 0 Å². The van der Waals surface area contributed by atoms with Gasteiger partial charge in [-0.15, -0.1) is 0 Å². The number of amides is 6. The van der Waals surface area contributed by atoms with Crippen LogP contribution in [0.15, 0.2) is 0 Å². The van der Waals surface area contributed by atoms with Gasteiger partial charge in [-0.05, 0) is 68.2 Å². The zero-order valence-electron chi connectivity index (χ0n) is 31.9. The highest BCUT2D eigenvalue weighted by Crippen LogP contribution is 2.42. The molecule has 2 N–H and O–H groups in total. The fourth-order valence-corrected chi connectivity index (χ4v) is 8.74. The Balaban J connectivity index is 1.09. The molecule has 14 heteroatoms. The summed E-state index contributed by atoms with van der Waals surface area (Å²) >= 11 is 0. The third-order valence-electron chi connectivity index (χ3n) is 10.5. The SMILES string of the molecule is CC1(C)CC(OC(=O)NCCCCCCNC(=O)OC2CC(C)(C)N(C(=O)N3CCOCC3)C(C)(C)C2)CC(C)(C)N1C(=O)N1CCOCC1. The quantitative estimate of drug-likeness (QED) is 0.321. The molecule has 6 amide bonds. The number of hydrogen-bond donors (Lipinski definition) is 2. The van der Waals surface area contributed by atoms with Gasteiger partial charge in [0.2, 0.25) is 0 Å². The molecular formula is C36H64N6O8. The van der Waals surface area contributed by atoms with Crippen LogP contribution in [-0.2, 0) is 18.9 Å². The van der Waals surface area contributed by atoms with Crippen molar-refractivity contribution in [2.45, 2.75) is 141 Å². The maximum atomic E-state index is 13.4. The summed E-state index contributed by atoms with van der Waals surface area (Å²) in [5.41, 5.74) is -1.90. The lowest BCUT2D eigenvalue weighted by atomic mass is 9.78. The monoisotopic (exact) mass is 708 g/mol. The molecule has 0 aliphatic carbocycles. The third kappa shape index (κ3) is 10.3. The van der Waals surface area contributed by atoms with Crippen molar-refractivity contribution in [1.82, 2.24) is 30.2 Å². The molecule has 14 nitrogen and oxygen atoms in total. The first kappa shape index (κ1) is 39.8. The summed E-state index contributed by atoms with van der Waals surface area (Å²) in [6, 6.07) is 0.0298. The Morgan fingerprint density at radius 1 is 0.540 bits per heavy atom. The Labute approximate surface area is 299 Å². The first-order valence-electron chi connectivity index (χ1n) is 18.7. The van der Waals surface area contributed by atoms with Gasteiger partial charge in [-0.2, -0.15) is 0 Å². The van der Waals surface area contributed by atoms with E-state index in [4.69, 9.17) is 18.9 Å². The fourth-order valence-electron chi connectivity index (χ4n) is 8.74. The zero-order chi connectivity index (χ0) is 36.7. The van der Waals surface area contributed by atoms with Crippen molar-refractivity contribution >= 4 is 24.2 Å². The number of carbonyl (C=O) groups is 4. The number of piperidine rings is 2. The van der Waals surface area contributed by atoms with Gasteiger partial charge in [0.05, 0.1) is 26.4 Å². The molecule has 0 aromatic carbocycles. The van der Waals surface area contributed by atoms with Gasteiger partial charge in [-0.1, -0.05) is 12.8 Å². The Morgan fingerprint density at radius 3 is 1.14 bits per heavy atom. The van der Waals surface area contributed by atoms with E-state index in [1.807, 2.05) is 75.0 Å². The second-order valence-electron chi connectivity index (χ2n) is 16.8. The molecule has 4 aliphatic heterocycles. The largest absolute Gasteiger partial charge is 0.446 e. The summed E-state index contributed by atoms with van der Waals surface area (Å²) in [5, 5.41) is 5.76. The van der Waals surface area contributed by atoms with Gasteiger partial charge in [-0.3, -0.25) is 0 Å². The Bertz CT molecular complexity index is 1060. The summed E-state index contributed by atoms with van der Waals surface area (Å²) in [4.78, 5) is 59.8. The van der Waals surface area contributed by atoms with E-state index in [1.165, 1.54) is 0 Å². The number of hydrogen-bond acceptors (Lipinski definition) is 8. The van der Waals surface area contributed by atoms with Crippen molar-refractivity contribution in [2.75, 3.05) is 65.7 Å². The summed E-state index contributed by atoms with van der Waals surface area (Å²) in [6.45, 7) is 21.9. The second kappa shape index (κ2) is 16.6. The van der Waals surface area contributed by atoms with Crippen LogP contribution in [0.4, 0.5) is 19.2 Å². The number of carbonyl (C=O) groups excluding carboxylic acids is 4. The second-order valence-corrected chi connectivity index (χ2v) is 16.8. The van der Waals surface area contributed by atoms with Crippen LogP contribution < -0.4 is 10.6 Å². The number of nitrogens with one attached hydrogen (secondary N) is 2. The minimum atomic E-state index is -0.475. The van der Waals surface area contributed by atoms with Gasteiger partial charge in [0.25, 0.3) is 0 Å². The average molecular weight is 709 g/mol. The molecule has 4 aliphatic rings. The molecule has 0 unspecified atom stereocenters. The number of nitrogens with zero attached hydrogens (tertiary/aromatic N) is 4. The van der Waals surface area contributed by atoms with Crippen LogP contribution in [0.1, 0.15) is 107 Å². The van der Waals surface area contributed by atoms with Gasteiger partial charge < -0.3 is 49.2 Å². The predicted octanol–water partition coefficient (Wildman–Crippen LogP) is 4.95. The molecule has 0 aromatic heterocycles. The van der Waals surface area contributed by atoms with E-state index in [9.17, 15) is 19.2 Å². The number of urea groups is 2. The normalized spacial score (nSPS) is 23.6. The first-order valence-corrected chi connectivity index (χ1v) is 18.7. The maximum Gasteiger partial charge on any atom is 0.407 e. The van der Waals surface area contributed by atoms with Gasteiger partial charge in [0.15, 0.2) is 0 Å². The summed E-state index contributed by atoms with van der Waals surface area (Å²) in [5.74, 6) is 0. The molecule has 4 fully saturated rings. The molecule has 4 saturated heterocycles. The van der Waals surface area contributed by atoms with E-state index in [2.05, 4.69) is 10.6 Å². The molecule has 0 saturated carbocycles. The van der Waals surface area contributed by atoms with Crippen molar-refractivity contribution in [3.63, 3.8) is 0 Å². The third-order valence-corrected chi connectivity index (χ3v) is 10.5. The number of alkyl carbamates (subject to hydrolysis) is 2. The van der Waals surface area contributed by atoms with Crippen LogP contribution in [0.3, 0.4) is 0 Å². The summed E-state index contributed by atoms with van der Waals surface area (Å²) in [6.07, 6.45) is 4.24. The van der Waals surface area contributed by atoms with Crippen LogP contribution in [0.5, 0.6) is 0 Å². The highest BCUT2D eigenvalue weighted by molar-refractivity contribution is 5.77. The van der Waals surface area contributed by atoms with Gasteiger partial charge in [-0.25, -0.2) is 19.2 Å². The molecule has 4 rings (SSSR count). The summed E-state index contributed by atoms with van der Waals surface area (Å²) < 4.78 is 22.5. The smallest absolute Gasteiger partial charge is 0.407 e. The minimum absolute atomic E-state index is 0.0149. The number of morpholine rings is 2. The molecule has 50 heavy (non-hydrogen) atoms. The number of unbranched alkanes of at least 4 members (excludes halogenated alkanes) is 3. The molecule has 0 aromatic rings. The highest BCUT2D eigenvalue weighted by Gasteiger charge is 2.51. The van der Waals surface area contributed by atoms with E-state index in [1.54, 1.807) is 0 Å². The van der Waals surface area contributed by atoms with Crippen molar-refractivity contribution in [1.29, 1.82) is 0 Å². The predicted molar refractivity (Wildman–Crippen MR) is 189 cm³/mol. The van der Waals surface area contributed by atoms with E-state index >= 15 is 0 Å². The maximum absolute atomic E-state index is 13.4. The molecule has 0 spiro atoms. The summed E-state index contributed by atoms with van der Waals surface area (Å²) in [7, 11) is 0. The van der Waals surface area contributed by atoms with E-state index in [0.717, 1.165) is 25.7 Å². The van der Waals surface area contributed by atoms with Gasteiger partial charge in [0, 0.05) is 87.1 Å². The minimum Gasteiger partial charge on any atom is -0.446 e. The van der Waals surface area contributed by atoms with Crippen LogP contribution >= 0.6 is 0 Å². The Kier molecular flexibility index (Phi) is 13.2. The highest BCUT2D eigenvalue weighted by atomic mass is 16.6. The number of likely N-dealkylation sites (tertiary alicyclic amines) is 2. The lowest BCUT2D eigenvalue weighted by molar-refractivity contribution is -0.0687.